The number of rotatable bonds is 37. The lowest BCUT2D eigenvalue weighted by Gasteiger charge is -2.22. The van der Waals surface area contributed by atoms with Gasteiger partial charge in [0.05, 0.1) is 18.8 Å². The number of amides is 1. The van der Waals surface area contributed by atoms with E-state index in [-0.39, 0.29) is 12.5 Å². The maximum atomic E-state index is 12.3. The predicted molar refractivity (Wildman–Crippen MR) is 198 cm³/mol. The molecular weight excluding hydrogens is 554 g/mol. The first kappa shape index (κ1) is 44.1. The minimum Gasteiger partial charge on any atom is -0.394 e. The first-order valence-corrected chi connectivity index (χ1v) is 20.4. The summed E-state index contributed by atoms with van der Waals surface area (Å²) in [6.45, 7) is 4.34. The van der Waals surface area contributed by atoms with Crippen molar-refractivity contribution in [3.63, 3.8) is 0 Å². The third-order valence-corrected chi connectivity index (χ3v) is 9.53. The minimum absolute atomic E-state index is 0.0399. The molecule has 0 rings (SSSR count). The van der Waals surface area contributed by atoms with Gasteiger partial charge in [-0.15, -0.1) is 0 Å². The van der Waals surface area contributed by atoms with Crippen LogP contribution in [0.1, 0.15) is 226 Å². The highest BCUT2D eigenvalue weighted by Crippen LogP contribution is 2.16. The molecular formula is C41H81NO3. The molecule has 3 N–H and O–H groups in total. The average Bonchev–Trinajstić information content (AvgIpc) is 3.04. The number of aliphatic hydroxyl groups excluding tert-OH is 2. The monoisotopic (exact) mass is 636 g/mol. The van der Waals surface area contributed by atoms with Gasteiger partial charge in [-0.25, -0.2) is 0 Å². The van der Waals surface area contributed by atoms with Crippen LogP contribution in [-0.4, -0.2) is 34.9 Å². The quantitative estimate of drug-likeness (QED) is 0.0470. The number of carbonyl (C=O) groups is 1. The Bertz CT molecular complexity index is 608. The van der Waals surface area contributed by atoms with Crippen LogP contribution in [0.25, 0.3) is 0 Å². The molecule has 1 amide bonds. The highest BCUT2D eigenvalue weighted by Gasteiger charge is 2.19. The summed E-state index contributed by atoms with van der Waals surface area (Å²) in [7, 11) is 0. The van der Waals surface area contributed by atoms with Gasteiger partial charge in [0.1, 0.15) is 0 Å². The van der Waals surface area contributed by atoms with Gasteiger partial charge in [-0.05, 0) is 38.5 Å². The Labute approximate surface area is 282 Å². The van der Waals surface area contributed by atoms with Gasteiger partial charge in [0.2, 0.25) is 5.91 Å². The van der Waals surface area contributed by atoms with Crippen LogP contribution in [0.3, 0.4) is 0 Å². The molecule has 0 aromatic rings. The van der Waals surface area contributed by atoms with Crippen molar-refractivity contribution in [3.05, 3.63) is 12.2 Å². The van der Waals surface area contributed by atoms with E-state index in [1.165, 1.54) is 173 Å². The maximum absolute atomic E-state index is 12.3. The molecule has 45 heavy (non-hydrogen) atoms. The summed E-state index contributed by atoms with van der Waals surface area (Å²) in [6, 6.07) is -0.535. The molecule has 0 heterocycles. The zero-order valence-electron chi connectivity index (χ0n) is 30.7. The third-order valence-electron chi connectivity index (χ3n) is 9.53. The Hall–Kier alpha value is -0.870. The number of unbranched alkanes of at least 4 members (excludes halogenated alkanes) is 28. The molecule has 4 nitrogen and oxygen atoms in total. The fraction of sp³-hybridized carbons (Fsp3) is 0.927. The Kier molecular flexibility index (Phi) is 36.9. The number of nitrogens with one attached hydrogen (secondary N) is 1. The van der Waals surface area contributed by atoms with E-state index in [1.807, 2.05) is 0 Å². The Balaban J connectivity index is 3.48. The lowest BCUT2D eigenvalue weighted by Crippen LogP contribution is -2.45. The summed E-state index contributed by atoms with van der Waals surface area (Å²) in [5, 5.41) is 23.1. The van der Waals surface area contributed by atoms with E-state index in [0.29, 0.717) is 12.8 Å². The summed E-state index contributed by atoms with van der Waals surface area (Å²) in [5.41, 5.74) is 0. The molecule has 4 heteroatoms. The molecule has 0 bridgehead atoms. The number of hydrogen-bond acceptors (Lipinski definition) is 3. The molecule has 0 aliphatic rings. The molecule has 2 unspecified atom stereocenters. The lowest BCUT2D eigenvalue weighted by molar-refractivity contribution is -0.123. The number of aliphatic hydroxyl groups is 2. The molecule has 0 saturated heterocycles. The van der Waals surface area contributed by atoms with E-state index in [1.54, 1.807) is 0 Å². The van der Waals surface area contributed by atoms with E-state index < -0.39 is 12.1 Å². The summed E-state index contributed by atoms with van der Waals surface area (Å²) in [5.74, 6) is -0.0399. The zero-order valence-corrected chi connectivity index (χ0v) is 30.7. The topological polar surface area (TPSA) is 69.6 Å². The van der Waals surface area contributed by atoms with Crippen molar-refractivity contribution >= 4 is 5.91 Å². The molecule has 2 atom stereocenters. The summed E-state index contributed by atoms with van der Waals surface area (Å²) in [4.78, 5) is 12.3. The summed E-state index contributed by atoms with van der Waals surface area (Å²) >= 11 is 0. The van der Waals surface area contributed by atoms with Gasteiger partial charge in [-0.1, -0.05) is 193 Å². The van der Waals surface area contributed by atoms with Crippen molar-refractivity contribution in [1.29, 1.82) is 0 Å². The standard InChI is InChI=1S/C41H81NO3/c1-3-5-7-9-11-13-15-17-18-19-20-21-22-23-24-25-26-28-30-32-34-36-40(44)39(38-43)42-41(45)37-35-33-31-29-27-16-14-12-10-8-6-4-2/h12,14,39-40,43-44H,3-11,13,15-38H2,1-2H3,(H,42,45)/b14-12-. The maximum Gasteiger partial charge on any atom is 0.220 e. The van der Waals surface area contributed by atoms with Crippen molar-refractivity contribution < 1.29 is 15.0 Å². The van der Waals surface area contributed by atoms with Gasteiger partial charge < -0.3 is 15.5 Å². The molecule has 0 aromatic carbocycles. The summed E-state index contributed by atoms with van der Waals surface area (Å²) in [6.07, 6.45) is 45.7. The molecule has 0 spiro atoms. The van der Waals surface area contributed by atoms with Crippen LogP contribution in [0.15, 0.2) is 12.2 Å². The minimum atomic E-state index is -0.658. The fourth-order valence-electron chi connectivity index (χ4n) is 6.36. The fourth-order valence-corrected chi connectivity index (χ4v) is 6.36. The van der Waals surface area contributed by atoms with Crippen LogP contribution in [0.4, 0.5) is 0 Å². The van der Waals surface area contributed by atoms with Gasteiger partial charge in [-0.3, -0.25) is 4.79 Å². The number of carbonyl (C=O) groups excluding carboxylic acids is 1. The van der Waals surface area contributed by atoms with Crippen molar-refractivity contribution in [1.82, 2.24) is 5.32 Å². The molecule has 0 fully saturated rings. The second-order valence-electron chi connectivity index (χ2n) is 14.1. The molecule has 0 aromatic heterocycles. The molecule has 0 radical (unpaired) electrons. The van der Waals surface area contributed by atoms with Gasteiger partial charge in [0.25, 0.3) is 0 Å². The highest BCUT2D eigenvalue weighted by molar-refractivity contribution is 5.76. The van der Waals surface area contributed by atoms with Gasteiger partial charge in [0.15, 0.2) is 0 Å². The van der Waals surface area contributed by atoms with E-state index in [0.717, 1.165) is 25.7 Å². The van der Waals surface area contributed by atoms with E-state index >= 15 is 0 Å². The van der Waals surface area contributed by atoms with Crippen LogP contribution in [0.5, 0.6) is 0 Å². The Morgan fingerprint density at radius 2 is 0.844 bits per heavy atom. The number of allylic oxidation sites excluding steroid dienone is 2. The van der Waals surface area contributed by atoms with Crippen LogP contribution in [-0.2, 0) is 4.79 Å². The van der Waals surface area contributed by atoms with Crippen molar-refractivity contribution in [2.24, 2.45) is 0 Å². The van der Waals surface area contributed by atoms with Crippen LogP contribution >= 0.6 is 0 Å². The molecule has 0 aliphatic carbocycles. The number of hydrogen-bond donors (Lipinski definition) is 3. The van der Waals surface area contributed by atoms with E-state index in [2.05, 4.69) is 31.3 Å². The van der Waals surface area contributed by atoms with Crippen molar-refractivity contribution in [2.45, 2.75) is 238 Å². The second kappa shape index (κ2) is 37.6. The van der Waals surface area contributed by atoms with Gasteiger partial charge in [-0.2, -0.15) is 0 Å². The van der Waals surface area contributed by atoms with Crippen LogP contribution < -0.4 is 5.32 Å². The average molecular weight is 636 g/mol. The molecule has 0 aliphatic heterocycles. The normalized spacial score (nSPS) is 13.1. The van der Waals surface area contributed by atoms with Crippen LogP contribution in [0, 0.1) is 0 Å². The Morgan fingerprint density at radius 1 is 0.511 bits per heavy atom. The first-order chi connectivity index (χ1) is 22.2. The zero-order chi connectivity index (χ0) is 32.9. The van der Waals surface area contributed by atoms with E-state index in [9.17, 15) is 15.0 Å². The van der Waals surface area contributed by atoms with Crippen molar-refractivity contribution in [3.8, 4) is 0 Å². The second-order valence-corrected chi connectivity index (χ2v) is 14.1. The largest absolute Gasteiger partial charge is 0.394 e. The molecule has 0 saturated carbocycles. The first-order valence-electron chi connectivity index (χ1n) is 20.4. The van der Waals surface area contributed by atoms with Crippen molar-refractivity contribution in [2.75, 3.05) is 6.61 Å². The third kappa shape index (κ3) is 34.3. The molecule has 268 valence electrons. The highest BCUT2D eigenvalue weighted by atomic mass is 16.3. The SMILES string of the molecule is CCCCC/C=C\CCCCCCCC(=O)NC(CO)C(O)CCCCCCCCCCCCCCCCCCCCCCC. The lowest BCUT2D eigenvalue weighted by atomic mass is 10.0. The van der Waals surface area contributed by atoms with E-state index in [4.69, 9.17) is 0 Å². The van der Waals surface area contributed by atoms with Gasteiger partial charge in [0, 0.05) is 6.42 Å². The Morgan fingerprint density at radius 3 is 1.27 bits per heavy atom. The smallest absolute Gasteiger partial charge is 0.220 e. The predicted octanol–water partition coefficient (Wildman–Crippen LogP) is 12.3. The van der Waals surface area contributed by atoms with Gasteiger partial charge >= 0.3 is 0 Å². The van der Waals surface area contributed by atoms with Crippen LogP contribution in [0.2, 0.25) is 0 Å². The summed E-state index contributed by atoms with van der Waals surface area (Å²) < 4.78 is 0.